The molecule has 0 aliphatic rings. The van der Waals surface area contributed by atoms with Gasteiger partial charge in [-0.15, -0.1) is 11.3 Å². The Bertz CT molecular complexity index is 949. The molecular formula is C19H22N4O2S. The highest BCUT2D eigenvalue weighted by molar-refractivity contribution is 7.17. The van der Waals surface area contributed by atoms with Crippen LogP contribution in [0.4, 0.5) is 0 Å². The van der Waals surface area contributed by atoms with Crippen molar-refractivity contribution in [3.05, 3.63) is 51.9 Å². The number of thiophene rings is 1. The standard InChI is InChI=1S/C19H22N4O2S/c1-3-20-16(24)11-23(4-2)10-15-21-18(25)17-14(12-26-19(17)22-15)13-8-6-5-7-9-13/h5-9,12H,3-4,10-11H2,1-2H3,(H,20,24)(H,21,22,25). The van der Waals surface area contributed by atoms with E-state index in [9.17, 15) is 9.59 Å². The summed E-state index contributed by atoms with van der Waals surface area (Å²) in [5.41, 5.74) is 1.77. The van der Waals surface area contributed by atoms with Gasteiger partial charge in [0.05, 0.1) is 18.5 Å². The van der Waals surface area contributed by atoms with Crippen molar-refractivity contribution in [1.82, 2.24) is 20.2 Å². The summed E-state index contributed by atoms with van der Waals surface area (Å²) >= 11 is 1.46. The van der Waals surface area contributed by atoms with Gasteiger partial charge in [-0.05, 0) is 19.0 Å². The molecule has 2 aromatic heterocycles. The molecule has 0 unspecified atom stereocenters. The van der Waals surface area contributed by atoms with E-state index in [2.05, 4.69) is 15.3 Å². The van der Waals surface area contributed by atoms with Crippen LogP contribution in [0.2, 0.25) is 0 Å². The molecule has 0 saturated heterocycles. The fourth-order valence-corrected chi connectivity index (χ4v) is 3.81. The van der Waals surface area contributed by atoms with Crippen LogP contribution >= 0.6 is 11.3 Å². The molecule has 0 radical (unpaired) electrons. The lowest BCUT2D eigenvalue weighted by Gasteiger charge is -2.18. The van der Waals surface area contributed by atoms with E-state index >= 15 is 0 Å². The molecule has 26 heavy (non-hydrogen) atoms. The van der Waals surface area contributed by atoms with Crippen molar-refractivity contribution in [2.45, 2.75) is 20.4 Å². The first-order valence-electron chi connectivity index (χ1n) is 8.67. The Morgan fingerprint density at radius 1 is 1.27 bits per heavy atom. The topological polar surface area (TPSA) is 78.1 Å². The zero-order valence-electron chi connectivity index (χ0n) is 14.9. The van der Waals surface area contributed by atoms with E-state index in [1.807, 2.05) is 54.5 Å². The second-order valence-electron chi connectivity index (χ2n) is 5.96. The summed E-state index contributed by atoms with van der Waals surface area (Å²) < 4.78 is 0. The normalized spacial score (nSPS) is 11.2. The Morgan fingerprint density at radius 3 is 2.73 bits per heavy atom. The predicted molar refractivity (Wildman–Crippen MR) is 105 cm³/mol. The number of nitrogens with one attached hydrogen (secondary N) is 2. The van der Waals surface area contributed by atoms with Gasteiger partial charge in [-0.3, -0.25) is 14.5 Å². The highest BCUT2D eigenvalue weighted by atomic mass is 32.1. The van der Waals surface area contributed by atoms with Gasteiger partial charge in [0.1, 0.15) is 10.7 Å². The lowest BCUT2D eigenvalue weighted by atomic mass is 10.1. The van der Waals surface area contributed by atoms with Crippen LogP contribution < -0.4 is 10.9 Å². The van der Waals surface area contributed by atoms with Crippen LogP contribution in [0.5, 0.6) is 0 Å². The molecule has 6 nitrogen and oxygen atoms in total. The second kappa shape index (κ2) is 8.25. The zero-order valence-corrected chi connectivity index (χ0v) is 15.7. The molecule has 3 aromatic rings. The molecule has 0 spiro atoms. The number of benzene rings is 1. The molecule has 0 saturated carbocycles. The molecule has 0 bridgehead atoms. The number of carbonyl (C=O) groups excluding carboxylic acids is 1. The van der Waals surface area contributed by atoms with Crippen molar-refractivity contribution in [1.29, 1.82) is 0 Å². The lowest BCUT2D eigenvalue weighted by molar-refractivity contribution is -0.122. The fourth-order valence-electron chi connectivity index (χ4n) is 2.85. The van der Waals surface area contributed by atoms with Gasteiger partial charge >= 0.3 is 0 Å². The van der Waals surface area contributed by atoms with Crippen LogP contribution in [0.1, 0.15) is 19.7 Å². The first kappa shape index (κ1) is 18.3. The number of hydrogen-bond donors (Lipinski definition) is 2. The third-order valence-corrected chi connectivity index (χ3v) is 5.01. The molecule has 2 heterocycles. The summed E-state index contributed by atoms with van der Waals surface area (Å²) in [4.78, 5) is 34.6. The van der Waals surface area contributed by atoms with E-state index in [1.165, 1.54) is 11.3 Å². The van der Waals surface area contributed by atoms with Crippen molar-refractivity contribution >= 4 is 27.5 Å². The SMILES string of the molecule is CCNC(=O)CN(CC)Cc1nc2scc(-c3ccccc3)c2c(=O)[nH]1. The van der Waals surface area contributed by atoms with Gasteiger partial charge in [-0.2, -0.15) is 0 Å². The summed E-state index contributed by atoms with van der Waals surface area (Å²) in [6, 6.07) is 9.83. The van der Waals surface area contributed by atoms with Gasteiger partial charge in [-0.25, -0.2) is 4.98 Å². The molecule has 1 aromatic carbocycles. The predicted octanol–water partition coefficient (Wildman–Crippen LogP) is 2.61. The number of likely N-dealkylation sites (N-methyl/N-ethyl adjacent to an activating group) is 2. The van der Waals surface area contributed by atoms with Gasteiger partial charge < -0.3 is 10.3 Å². The summed E-state index contributed by atoms with van der Waals surface area (Å²) in [6.45, 7) is 5.88. The number of aromatic amines is 1. The molecule has 7 heteroatoms. The Kier molecular flexibility index (Phi) is 5.80. The Balaban J connectivity index is 1.88. The maximum absolute atomic E-state index is 12.7. The van der Waals surface area contributed by atoms with Gasteiger partial charge in [0.2, 0.25) is 5.91 Å². The summed E-state index contributed by atoms with van der Waals surface area (Å²) in [5, 5.41) is 5.38. The Labute approximate surface area is 155 Å². The largest absolute Gasteiger partial charge is 0.355 e. The van der Waals surface area contributed by atoms with Crippen molar-refractivity contribution in [3.63, 3.8) is 0 Å². The molecule has 1 amide bonds. The van der Waals surface area contributed by atoms with E-state index in [-0.39, 0.29) is 18.0 Å². The number of H-pyrrole nitrogens is 1. The minimum atomic E-state index is -0.140. The number of fused-ring (bicyclic) bond motifs is 1. The fraction of sp³-hybridized carbons (Fsp3) is 0.316. The average Bonchev–Trinajstić information content (AvgIpc) is 3.06. The van der Waals surface area contributed by atoms with E-state index in [4.69, 9.17) is 0 Å². The third-order valence-electron chi connectivity index (χ3n) is 4.14. The highest BCUT2D eigenvalue weighted by Gasteiger charge is 2.15. The third kappa shape index (κ3) is 4.00. The van der Waals surface area contributed by atoms with Gasteiger partial charge in [0.25, 0.3) is 5.56 Å². The van der Waals surface area contributed by atoms with Crippen LogP contribution in [-0.4, -0.2) is 40.4 Å². The number of carbonyl (C=O) groups is 1. The molecule has 0 fully saturated rings. The zero-order chi connectivity index (χ0) is 18.5. The van der Waals surface area contributed by atoms with Crippen molar-refractivity contribution in [2.75, 3.05) is 19.6 Å². The number of rotatable bonds is 7. The van der Waals surface area contributed by atoms with Crippen LogP contribution in [0, 0.1) is 0 Å². The summed E-state index contributed by atoms with van der Waals surface area (Å²) in [6.07, 6.45) is 0. The van der Waals surface area contributed by atoms with Crippen LogP contribution in [0.15, 0.2) is 40.5 Å². The number of nitrogens with zero attached hydrogens (tertiary/aromatic N) is 2. The second-order valence-corrected chi connectivity index (χ2v) is 6.82. The molecule has 0 aliphatic heterocycles. The minimum absolute atomic E-state index is 0.0275. The van der Waals surface area contributed by atoms with E-state index in [0.717, 1.165) is 16.0 Å². The molecule has 0 atom stereocenters. The molecular weight excluding hydrogens is 348 g/mol. The first-order valence-corrected chi connectivity index (χ1v) is 9.55. The van der Waals surface area contributed by atoms with Crippen LogP contribution in [-0.2, 0) is 11.3 Å². The van der Waals surface area contributed by atoms with Crippen molar-refractivity contribution < 1.29 is 4.79 Å². The van der Waals surface area contributed by atoms with Gasteiger partial charge in [-0.1, -0.05) is 37.3 Å². The number of aromatic nitrogens is 2. The van der Waals surface area contributed by atoms with E-state index in [0.29, 0.717) is 30.8 Å². The monoisotopic (exact) mass is 370 g/mol. The van der Waals surface area contributed by atoms with Crippen molar-refractivity contribution in [2.24, 2.45) is 0 Å². The average molecular weight is 370 g/mol. The van der Waals surface area contributed by atoms with E-state index in [1.54, 1.807) is 0 Å². The molecule has 2 N–H and O–H groups in total. The smallest absolute Gasteiger partial charge is 0.260 e. The molecule has 3 rings (SSSR count). The summed E-state index contributed by atoms with van der Waals surface area (Å²) in [7, 11) is 0. The maximum atomic E-state index is 12.7. The molecule has 136 valence electrons. The Morgan fingerprint density at radius 2 is 2.04 bits per heavy atom. The van der Waals surface area contributed by atoms with Crippen molar-refractivity contribution in [3.8, 4) is 11.1 Å². The highest BCUT2D eigenvalue weighted by Crippen LogP contribution is 2.30. The lowest BCUT2D eigenvalue weighted by Crippen LogP contribution is -2.37. The number of amides is 1. The van der Waals surface area contributed by atoms with Crippen LogP contribution in [0.3, 0.4) is 0 Å². The number of hydrogen-bond acceptors (Lipinski definition) is 5. The molecule has 0 aliphatic carbocycles. The van der Waals surface area contributed by atoms with E-state index < -0.39 is 0 Å². The van der Waals surface area contributed by atoms with Gasteiger partial charge in [0, 0.05) is 17.5 Å². The summed E-state index contributed by atoms with van der Waals surface area (Å²) in [5.74, 6) is 0.551. The Hall–Kier alpha value is -2.51. The quantitative estimate of drug-likeness (QED) is 0.670. The van der Waals surface area contributed by atoms with Crippen LogP contribution in [0.25, 0.3) is 21.3 Å². The maximum Gasteiger partial charge on any atom is 0.260 e. The first-order chi connectivity index (χ1) is 12.6. The van der Waals surface area contributed by atoms with Gasteiger partial charge in [0.15, 0.2) is 0 Å². The minimum Gasteiger partial charge on any atom is -0.355 e.